The number of hydrogen-bond donors (Lipinski definition) is 7. The average Bonchev–Trinajstić information content (AvgIpc) is 1.65. The van der Waals surface area contributed by atoms with Gasteiger partial charge in [-0.3, -0.25) is 57.2 Å². The van der Waals surface area contributed by atoms with Gasteiger partial charge in [-0.05, 0) is 134 Å². The number of esters is 5. The number of amides is 3. The summed E-state index contributed by atoms with van der Waals surface area (Å²) in [6, 6.07) is 1.87. The summed E-state index contributed by atoms with van der Waals surface area (Å²) in [4.78, 5) is 133. The fourth-order valence-electron chi connectivity index (χ4n) is 14.8. The first-order valence-corrected chi connectivity index (χ1v) is 45.6. The Labute approximate surface area is 787 Å². The first-order chi connectivity index (χ1) is 65.9. The highest BCUT2D eigenvalue weighted by Gasteiger charge is 2.34. The number of carbonyl (C=O) groups is 9. The van der Waals surface area contributed by atoms with E-state index in [0.29, 0.717) is 51.5 Å². The Morgan fingerprint density at radius 1 is 0.401 bits per heavy atom. The van der Waals surface area contributed by atoms with E-state index in [1.807, 2.05) is 20.8 Å². The topological polar surface area (TPSA) is 546 Å². The van der Waals surface area contributed by atoms with Gasteiger partial charge in [-0.15, -0.1) is 34.0 Å². The molecule has 51 heteroatoms. The number of nitrogens with two attached hydrogens (primary N) is 3. The SMILES string of the molecule is CCOC1CCC(n2cc(NC(=O)c3csc(-c4cnn(COC(=O)CC(N)C(=O)O)c4)n3)c(-c3nc(F)ccc3F)n2)CC1.CCOC1CCC(n2cc(NC(=O)c3csc(-c4cnn(COC(=O)CC(N)C(=O)OC)c4)n3)c(-c3nc(F)ccc3F)n2)CC1.CCOC1CCC(n2cc(NC(=O)c3csc(-c4cnn(COC(=O)C[C@@H](N)C(=O)OC)c4)n3)c(-c3nc(F)ccc3F)n2)CC1. The van der Waals surface area contributed by atoms with Gasteiger partial charge in [0.15, 0.2) is 37.6 Å². The van der Waals surface area contributed by atoms with Crippen molar-refractivity contribution < 1.29 is 112 Å². The smallest absolute Gasteiger partial charge is 0.323 e. The number of rotatable bonds is 36. The second-order valence-electron chi connectivity index (χ2n) is 31.2. The van der Waals surface area contributed by atoms with Crippen LogP contribution in [0.1, 0.15) is 167 Å². The summed E-state index contributed by atoms with van der Waals surface area (Å²) < 4.78 is 137. The Balaban J connectivity index is 0.000000174. The predicted octanol–water partition coefficient (Wildman–Crippen LogP) is 11.0. The van der Waals surface area contributed by atoms with Crippen molar-refractivity contribution >= 4 is 105 Å². The van der Waals surface area contributed by atoms with E-state index in [4.69, 9.17) is 50.7 Å². The van der Waals surface area contributed by atoms with Gasteiger partial charge < -0.3 is 76.2 Å². The number of carboxylic acid groups (broad SMARTS) is 1. The lowest BCUT2D eigenvalue weighted by Gasteiger charge is -2.28. The molecule has 0 saturated heterocycles. The molecule has 3 aliphatic carbocycles. The molecule has 0 aromatic carbocycles. The summed E-state index contributed by atoms with van der Waals surface area (Å²) in [5.41, 5.74) is 17.8. The molecule has 3 aliphatic rings. The van der Waals surface area contributed by atoms with E-state index >= 15 is 0 Å². The fourth-order valence-corrected chi connectivity index (χ4v) is 17.2. The van der Waals surface area contributed by atoms with Crippen LogP contribution in [0.3, 0.4) is 0 Å². The van der Waals surface area contributed by atoms with Gasteiger partial charge in [0.05, 0.1) is 106 Å². The molecule has 42 nitrogen and oxygen atoms in total. The van der Waals surface area contributed by atoms with E-state index in [0.717, 1.165) is 125 Å². The summed E-state index contributed by atoms with van der Waals surface area (Å²) in [6.45, 7) is 6.98. The zero-order valence-electron chi connectivity index (χ0n) is 74.1. The van der Waals surface area contributed by atoms with Gasteiger partial charge in [-0.1, -0.05) is 0 Å². The second kappa shape index (κ2) is 47.1. The highest BCUT2D eigenvalue weighted by molar-refractivity contribution is 7.14. The van der Waals surface area contributed by atoms with Crippen LogP contribution in [-0.2, 0) is 86.9 Å². The minimum atomic E-state index is -1.37. The highest BCUT2D eigenvalue weighted by Crippen LogP contribution is 2.40. The minimum Gasteiger partial charge on any atom is -0.480 e. The highest BCUT2D eigenvalue weighted by atomic mass is 32.1. The average molecular weight is 1960 g/mol. The maximum absolute atomic E-state index is 14.8. The number of pyridine rings is 3. The maximum atomic E-state index is 14.8. The molecule has 2 unspecified atom stereocenters. The molecule has 12 heterocycles. The van der Waals surface area contributed by atoms with Crippen LogP contribution in [0.25, 0.3) is 65.9 Å². The van der Waals surface area contributed by atoms with E-state index in [9.17, 15) is 69.5 Å². The van der Waals surface area contributed by atoms with Crippen molar-refractivity contribution in [3.63, 3.8) is 0 Å². The molecule has 3 amide bonds. The lowest BCUT2D eigenvalue weighted by atomic mass is 9.93. The molecule has 0 spiro atoms. The number of nitrogens with zero attached hydrogens (tertiary/aromatic N) is 18. The van der Waals surface area contributed by atoms with Crippen molar-refractivity contribution in [3.05, 3.63) is 161 Å². The Bertz CT molecular complexity index is 6000. The molecule has 12 aromatic rings. The number of aromatic nitrogens is 18. The number of carbonyl (C=O) groups excluding carboxylic acids is 8. The van der Waals surface area contributed by atoms with E-state index in [1.165, 1.54) is 91.9 Å². The van der Waals surface area contributed by atoms with Crippen LogP contribution in [0.4, 0.5) is 43.4 Å². The van der Waals surface area contributed by atoms with Crippen molar-refractivity contribution in [3.8, 4) is 65.9 Å². The molecule has 12 aromatic heterocycles. The molecule has 0 radical (unpaired) electrons. The number of ether oxygens (including phenoxy) is 8. The molecule has 726 valence electrons. The van der Waals surface area contributed by atoms with Gasteiger partial charge in [0.1, 0.15) is 84.4 Å². The van der Waals surface area contributed by atoms with Gasteiger partial charge in [-0.25, -0.2) is 57.1 Å². The van der Waals surface area contributed by atoms with Crippen molar-refractivity contribution in [1.29, 1.82) is 0 Å². The third-order valence-electron chi connectivity index (χ3n) is 21.7. The quantitative estimate of drug-likeness (QED) is 0.00830. The Morgan fingerprint density at radius 3 is 0.942 bits per heavy atom. The van der Waals surface area contributed by atoms with Crippen LogP contribution >= 0.6 is 34.0 Å². The summed E-state index contributed by atoms with van der Waals surface area (Å²) in [5, 5.41) is 48.9. The lowest BCUT2D eigenvalue weighted by molar-refractivity contribution is -0.153. The van der Waals surface area contributed by atoms with Gasteiger partial charge in [0.25, 0.3) is 17.7 Å². The molecule has 3 saturated carbocycles. The number of halogens is 6. The van der Waals surface area contributed by atoms with Crippen LogP contribution in [0.5, 0.6) is 0 Å². The zero-order chi connectivity index (χ0) is 97.7. The van der Waals surface area contributed by atoms with E-state index in [2.05, 4.69) is 85.9 Å². The van der Waals surface area contributed by atoms with Crippen molar-refractivity contribution in [2.75, 3.05) is 50.0 Å². The fraction of sp³-hybridized carbons (Fsp3) is 0.407. The first-order valence-electron chi connectivity index (χ1n) is 43.0. The number of nitrogens with one attached hydrogen (secondary N) is 3. The van der Waals surface area contributed by atoms with Gasteiger partial charge in [0.2, 0.25) is 17.8 Å². The number of carboxylic acids is 1. The normalized spacial score (nSPS) is 17.0. The van der Waals surface area contributed by atoms with Gasteiger partial charge >= 0.3 is 35.8 Å². The largest absolute Gasteiger partial charge is 0.480 e. The van der Waals surface area contributed by atoms with Crippen LogP contribution < -0.4 is 33.2 Å². The number of hydrogen-bond acceptors (Lipinski definition) is 35. The van der Waals surface area contributed by atoms with Gasteiger partial charge in [-0.2, -0.15) is 43.8 Å². The summed E-state index contributed by atoms with van der Waals surface area (Å²) in [7, 11) is 2.33. The third-order valence-corrected chi connectivity index (χ3v) is 24.4. The molecular formula is C86H94F6N24O18S3. The third kappa shape index (κ3) is 26.7. The number of anilines is 3. The standard InChI is InChI=1S/2C29H32F2N8O6S.C28H30F2N8O6S/c2*1-3-44-18-6-4-17(5-7-18)39-13-21(26(37-39)25-19(30)8-9-23(31)36-25)34-27(41)22-14-46-28(35-22)16-11-33-38(12-16)15-45-24(40)10-20(32)29(42)43-2;1-2-43-17-5-3-16(4-6-17)38-12-20(25(36-38)24-18(29)7-8-22(30)35-24)33-26(40)21-13-45-27(34-21)15-10-32-37(11-15)14-44-23(39)9-19(31)28(41)42/h2*8-9,11-14,17-18,20H,3-7,10,15,32H2,1-2H3,(H,34,41);7-8,10-13,16-17,19H,2-6,9,14,31H2,1H3,(H,33,40)(H,41,42)/t17?,18?,20-;;/m1../s1. The predicted molar refractivity (Wildman–Crippen MR) is 476 cm³/mol. The van der Waals surface area contributed by atoms with Crippen LogP contribution in [0.2, 0.25) is 0 Å². The maximum Gasteiger partial charge on any atom is 0.323 e. The summed E-state index contributed by atoms with van der Waals surface area (Å²) in [6.07, 6.45) is 22.7. The molecule has 3 fully saturated rings. The van der Waals surface area contributed by atoms with E-state index in [1.54, 1.807) is 45.0 Å². The Hall–Kier alpha value is -13.8. The Kier molecular flexibility index (Phi) is 34.6. The van der Waals surface area contributed by atoms with Crippen LogP contribution in [0.15, 0.2) is 108 Å². The Morgan fingerprint density at radius 2 is 0.679 bits per heavy atom. The zero-order valence-corrected chi connectivity index (χ0v) is 76.5. The summed E-state index contributed by atoms with van der Waals surface area (Å²) >= 11 is 3.51. The van der Waals surface area contributed by atoms with Crippen molar-refractivity contribution in [2.45, 2.75) is 192 Å². The molecule has 0 bridgehead atoms. The minimum absolute atomic E-state index is 0.00361. The molecule has 15 rings (SSSR count). The van der Waals surface area contributed by atoms with Crippen molar-refractivity contribution in [1.82, 2.24) is 88.6 Å². The van der Waals surface area contributed by atoms with Gasteiger partial charge in [0, 0.05) is 89.8 Å². The monoisotopic (exact) mass is 1960 g/mol. The lowest BCUT2D eigenvalue weighted by Crippen LogP contribution is -2.34. The van der Waals surface area contributed by atoms with Crippen LogP contribution in [0, 0.1) is 35.3 Å². The molecule has 137 heavy (non-hydrogen) atoms. The number of methoxy groups -OCH3 is 2. The van der Waals surface area contributed by atoms with E-state index < -0.39 is 113 Å². The molecular weight excluding hydrogens is 1870 g/mol. The number of aliphatic carboxylic acids is 1. The molecule has 0 aliphatic heterocycles. The van der Waals surface area contributed by atoms with Crippen molar-refractivity contribution in [2.24, 2.45) is 17.2 Å². The first kappa shape index (κ1) is 101. The van der Waals surface area contributed by atoms with Crippen LogP contribution in [-0.4, -0.2) is 218 Å². The second-order valence-corrected chi connectivity index (χ2v) is 33.8. The summed E-state index contributed by atoms with van der Waals surface area (Å²) in [5.74, 6) is -11.8. The molecule has 10 N–H and O–H groups in total. The van der Waals surface area contributed by atoms with E-state index in [-0.39, 0.29) is 138 Å². The molecule has 3 atom stereocenters. The number of thiazole rings is 3.